The Labute approximate surface area is 130 Å². The maximum atomic E-state index is 9.93. The van der Waals surface area contributed by atoms with Gasteiger partial charge in [0.25, 0.3) is 0 Å². The molecular weight excluding hydrogens is 256 g/mol. The first-order chi connectivity index (χ1) is 10.1. The highest BCUT2D eigenvalue weighted by Gasteiger charge is 2.55. The van der Waals surface area contributed by atoms with Crippen LogP contribution in [0.4, 0.5) is 0 Å². The summed E-state index contributed by atoms with van der Waals surface area (Å²) < 4.78 is 0. The van der Waals surface area contributed by atoms with Crippen LogP contribution < -0.4 is 0 Å². The number of aliphatic hydroxyl groups is 1. The van der Waals surface area contributed by atoms with Gasteiger partial charge >= 0.3 is 0 Å². The largest absolute Gasteiger partial charge is 0.389 e. The van der Waals surface area contributed by atoms with Gasteiger partial charge in [-0.3, -0.25) is 0 Å². The van der Waals surface area contributed by atoms with E-state index in [0.29, 0.717) is 5.41 Å². The van der Waals surface area contributed by atoms with E-state index >= 15 is 0 Å². The Morgan fingerprint density at radius 2 is 1.95 bits per heavy atom. The summed E-state index contributed by atoms with van der Waals surface area (Å²) in [6.07, 6.45) is 14.4. The van der Waals surface area contributed by atoms with Gasteiger partial charge in [0, 0.05) is 0 Å². The van der Waals surface area contributed by atoms with Gasteiger partial charge < -0.3 is 5.11 Å². The van der Waals surface area contributed by atoms with Crippen LogP contribution in [0.3, 0.4) is 0 Å². The molecule has 3 fully saturated rings. The lowest BCUT2D eigenvalue weighted by Gasteiger charge is -2.54. The fraction of sp³-hybridized carbons (Fsp3) is 0.900. The molecule has 0 amide bonds. The molecule has 0 aliphatic heterocycles. The van der Waals surface area contributed by atoms with Gasteiger partial charge in [0.15, 0.2) is 0 Å². The van der Waals surface area contributed by atoms with Crippen LogP contribution in [0.2, 0.25) is 0 Å². The number of aliphatic hydroxyl groups excluding tert-OH is 1. The molecule has 0 spiro atoms. The maximum Gasteiger partial charge on any atom is 0.0723 e. The molecule has 0 saturated heterocycles. The van der Waals surface area contributed by atoms with Crippen LogP contribution in [0.1, 0.15) is 71.6 Å². The minimum Gasteiger partial charge on any atom is -0.389 e. The predicted molar refractivity (Wildman–Crippen MR) is 86.9 cm³/mol. The summed E-state index contributed by atoms with van der Waals surface area (Å²) in [6.45, 7) is 5.04. The Morgan fingerprint density at radius 3 is 2.76 bits per heavy atom. The normalized spacial score (nSPS) is 52.6. The van der Waals surface area contributed by atoms with Gasteiger partial charge in [-0.1, -0.05) is 31.9 Å². The van der Waals surface area contributed by atoms with Crippen molar-refractivity contribution in [1.82, 2.24) is 0 Å². The molecule has 4 aliphatic carbocycles. The number of fused-ring (bicyclic) bond motifs is 5. The summed E-state index contributed by atoms with van der Waals surface area (Å²) in [5.74, 6) is 4.78. The lowest BCUT2D eigenvalue weighted by Crippen LogP contribution is -2.46. The molecule has 3 saturated carbocycles. The average Bonchev–Trinajstić information content (AvgIpc) is 2.83. The number of rotatable bonds is 1. The van der Waals surface area contributed by atoms with Gasteiger partial charge in [0.2, 0.25) is 0 Å². The Bertz CT molecular complexity index is 439. The molecule has 0 radical (unpaired) electrons. The van der Waals surface area contributed by atoms with Crippen molar-refractivity contribution < 1.29 is 5.11 Å². The molecule has 0 aromatic carbocycles. The van der Waals surface area contributed by atoms with Gasteiger partial charge in [-0.05, 0) is 86.4 Å². The number of allylic oxidation sites excluding steroid dienone is 1. The van der Waals surface area contributed by atoms with Crippen molar-refractivity contribution in [2.75, 3.05) is 0 Å². The second-order valence-corrected chi connectivity index (χ2v) is 8.69. The van der Waals surface area contributed by atoms with Crippen molar-refractivity contribution in [3.05, 3.63) is 11.6 Å². The van der Waals surface area contributed by atoms with Gasteiger partial charge in [-0.15, -0.1) is 0 Å². The van der Waals surface area contributed by atoms with Crippen molar-refractivity contribution in [1.29, 1.82) is 0 Å². The minimum atomic E-state index is -0.141. The third-order valence-electron chi connectivity index (χ3n) is 8.12. The van der Waals surface area contributed by atoms with Crippen molar-refractivity contribution >= 4 is 0 Å². The minimum absolute atomic E-state index is 0.141. The molecule has 4 aliphatic rings. The lowest BCUT2D eigenvalue weighted by molar-refractivity contribution is -0.0250. The second-order valence-electron chi connectivity index (χ2n) is 8.69. The standard InChI is InChI=1S/C20H32O/c1-3-14-5-9-19-18-7-4-13-12-15(21)6-8-16(13)17(18)10-11-20(14,19)2/h12,14-19,21H,3-11H2,1-2H3/t14-,15?,16-,17+,18+,19-,20+/m0/s1. The van der Waals surface area contributed by atoms with E-state index in [1.807, 2.05) is 0 Å². The van der Waals surface area contributed by atoms with Crippen LogP contribution in [0, 0.1) is 35.0 Å². The first kappa shape index (κ1) is 14.3. The Hall–Kier alpha value is -0.300. The molecule has 0 heterocycles. The third kappa shape index (κ3) is 2.06. The predicted octanol–water partition coefficient (Wildman–Crippen LogP) is 4.95. The summed E-state index contributed by atoms with van der Waals surface area (Å²) >= 11 is 0. The molecule has 0 aromatic rings. The molecule has 4 rings (SSSR count). The van der Waals surface area contributed by atoms with Crippen LogP contribution in [-0.2, 0) is 0 Å². The zero-order valence-electron chi connectivity index (χ0n) is 13.9. The van der Waals surface area contributed by atoms with Gasteiger partial charge in [-0.2, -0.15) is 0 Å². The third-order valence-corrected chi connectivity index (χ3v) is 8.12. The molecule has 1 heteroatoms. The van der Waals surface area contributed by atoms with Crippen molar-refractivity contribution in [3.8, 4) is 0 Å². The molecule has 0 bridgehead atoms. The van der Waals surface area contributed by atoms with E-state index in [4.69, 9.17) is 0 Å². The lowest BCUT2D eigenvalue weighted by atomic mass is 9.51. The van der Waals surface area contributed by atoms with Gasteiger partial charge in [0.1, 0.15) is 0 Å². The Kier molecular flexibility index (Phi) is 3.48. The van der Waals surface area contributed by atoms with Gasteiger partial charge in [0.05, 0.1) is 6.10 Å². The first-order valence-electron chi connectivity index (χ1n) is 9.52. The molecule has 118 valence electrons. The van der Waals surface area contributed by atoms with Crippen LogP contribution >= 0.6 is 0 Å². The quantitative estimate of drug-likeness (QED) is 0.677. The summed E-state index contributed by atoms with van der Waals surface area (Å²) in [6, 6.07) is 0. The van der Waals surface area contributed by atoms with Crippen LogP contribution in [0.15, 0.2) is 11.6 Å². The topological polar surface area (TPSA) is 20.2 Å². The monoisotopic (exact) mass is 288 g/mol. The van der Waals surface area contributed by atoms with E-state index in [1.54, 1.807) is 5.57 Å². The van der Waals surface area contributed by atoms with Crippen LogP contribution in [-0.4, -0.2) is 11.2 Å². The van der Waals surface area contributed by atoms with E-state index in [9.17, 15) is 5.11 Å². The fourth-order valence-corrected chi connectivity index (χ4v) is 7.09. The summed E-state index contributed by atoms with van der Waals surface area (Å²) in [5, 5.41) is 9.93. The van der Waals surface area contributed by atoms with Gasteiger partial charge in [-0.25, -0.2) is 0 Å². The van der Waals surface area contributed by atoms with E-state index < -0.39 is 0 Å². The molecule has 1 unspecified atom stereocenters. The smallest absolute Gasteiger partial charge is 0.0723 e. The highest BCUT2D eigenvalue weighted by molar-refractivity contribution is 5.19. The number of hydrogen-bond donors (Lipinski definition) is 1. The SMILES string of the molecule is CC[C@H]1CC[C@H]2[C@@H]3CCC4=CC(O)CC[C@@H]4[C@H]3CC[C@]12C. The molecule has 1 nitrogen and oxygen atoms in total. The van der Waals surface area contributed by atoms with E-state index in [1.165, 1.54) is 51.4 Å². The van der Waals surface area contributed by atoms with Crippen molar-refractivity contribution in [3.63, 3.8) is 0 Å². The highest BCUT2D eigenvalue weighted by Crippen LogP contribution is 2.64. The Balaban J connectivity index is 1.60. The molecule has 0 aromatic heterocycles. The maximum absolute atomic E-state index is 9.93. The second kappa shape index (κ2) is 5.11. The Morgan fingerprint density at radius 1 is 1.10 bits per heavy atom. The number of hydrogen-bond acceptors (Lipinski definition) is 1. The summed E-state index contributed by atoms with van der Waals surface area (Å²) in [5.41, 5.74) is 2.29. The molecule has 21 heavy (non-hydrogen) atoms. The van der Waals surface area contributed by atoms with Crippen LogP contribution in [0.25, 0.3) is 0 Å². The average molecular weight is 288 g/mol. The molecule has 7 atom stereocenters. The first-order valence-corrected chi connectivity index (χ1v) is 9.52. The van der Waals surface area contributed by atoms with E-state index in [0.717, 1.165) is 36.0 Å². The molecule has 1 N–H and O–H groups in total. The van der Waals surface area contributed by atoms with E-state index in [-0.39, 0.29) is 6.10 Å². The highest BCUT2D eigenvalue weighted by atomic mass is 16.3. The zero-order valence-corrected chi connectivity index (χ0v) is 13.9. The van der Waals surface area contributed by atoms with Crippen LogP contribution in [0.5, 0.6) is 0 Å². The van der Waals surface area contributed by atoms with E-state index in [2.05, 4.69) is 19.9 Å². The summed E-state index contributed by atoms with van der Waals surface area (Å²) in [7, 11) is 0. The van der Waals surface area contributed by atoms with Crippen molar-refractivity contribution in [2.24, 2.45) is 35.0 Å². The fourth-order valence-electron chi connectivity index (χ4n) is 7.09. The molecular formula is C20H32O. The zero-order chi connectivity index (χ0) is 14.6. The van der Waals surface area contributed by atoms with Crippen molar-refractivity contribution in [2.45, 2.75) is 77.7 Å². The summed E-state index contributed by atoms with van der Waals surface area (Å²) in [4.78, 5) is 0.